The molecule has 10 heteroatoms. The molecule has 0 saturated carbocycles. The number of alkyl halides is 3. The fourth-order valence-electron chi connectivity index (χ4n) is 1.82. The van der Waals surface area contributed by atoms with Gasteiger partial charge >= 0.3 is 6.18 Å². The summed E-state index contributed by atoms with van der Waals surface area (Å²) >= 11 is 5.75. The number of rotatable bonds is 7. The van der Waals surface area contributed by atoms with Gasteiger partial charge in [0.05, 0.1) is 24.1 Å². The lowest BCUT2D eigenvalue weighted by Gasteiger charge is -2.14. The minimum Gasteiger partial charge on any atom is -0.484 e. The van der Waals surface area contributed by atoms with Crippen LogP contribution in [0, 0.1) is 0 Å². The van der Waals surface area contributed by atoms with Crippen LogP contribution < -0.4 is 14.8 Å². The molecule has 0 aliphatic heterocycles. The summed E-state index contributed by atoms with van der Waals surface area (Å²) in [5.41, 5.74) is 0.365. The number of carbonyl (C=O) groups is 1. The Morgan fingerprint density at radius 3 is 2.46 bits per heavy atom. The Hall–Kier alpha value is -2.55. The van der Waals surface area contributed by atoms with Gasteiger partial charge in [-0.3, -0.25) is 9.78 Å². The smallest absolute Gasteiger partial charge is 0.422 e. The number of hydrogen-bond donors (Lipinski definition) is 1. The number of amides is 1. The van der Waals surface area contributed by atoms with Crippen LogP contribution in [0.1, 0.15) is 18.7 Å². The molecule has 0 aliphatic rings. The molecule has 0 aliphatic carbocycles. The minimum absolute atomic E-state index is 0.216. The average Bonchev–Trinajstić information content (AvgIpc) is 2.59. The van der Waals surface area contributed by atoms with Crippen molar-refractivity contribution < 1.29 is 27.4 Å². The Kier molecular flexibility index (Phi) is 6.62. The highest BCUT2D eigenvalue weighted by atomic mass is 35.5. The van der Waals surface area contributed by atoms with E-state index in [1.165, 1.54) is 6.20 Å². The zero-order valence-electron chi connectivity index (χ0n) is 13.6. The fraction of sp³-hybridized carbons (Fsp3) is 0.312. The summed E-state index contributed by atoms with van der Waals surface area (Å²) in [7, 11) is 0. The Morgan fingerprint density at radius 2 is 1.88 bits per heavy atom. The molecule has 0 fully saturated rings. The van der Waals surface area contributed by atoms with Crippen LogP contribution in [0.5, 0.6) is 11.6 Å². The third kappa shape index (κ3) is 6.75. The molecule has 1 unspecified atom stereocenters. The van der Waals surface area contributed by atoms with Crippen molar-refractivity contribution in [1.82, 2.24) is 15.3 Å². The second kappa shape index (κ2) is 8.70. The van der Waals surface area contributed by atoms with Gasteiger partial charge in [0.2, 0.25) is 5.88 Å². The highest BCUT2D eigenvalue weighted by Crippen LogP contribution is 2.18. The maximum absolute atomic E-state index is 12.1. The number of ether oxygens (including phenoxy) is 2. The summed E-state index contributed by atoms with van der Waals surface area (Å²) in [6, 6.07) is 6.01. The second-order valence-electron chi connectivity index (χ2n) is 5.22. The Balaban J connectivity index is 1.81. The van der Waals surface area contributed by atoms with Gasteiger partial charge in [-0.15, -0.1) is 0 Å². The first kappa shape index (κ1) is 19.8. The molecule has 0 bridgehead atoms. The van der Waals surface area contributed by atoms with Gasteiger partial charge in [-0.1, -0.05) is 11.6 Å². The van der Waals surface area contributed by atoms with Gasteiger partial charge in [0.25, 0.3) is 5.91 Å². The summed E-state index contributed by atoms with van der Waals surface area (Å²) < 4.78 is 46.0. The van der Waals surface area contributed by atoms with Crippen molar-refractivity contribution in [2.75, 3.05) is 13.2 Å². The summed E-state index contributed by atoms with van der Waals surface area (Å²) in [6.45, 7) is -0.0119. The predicted octanol–water partition coefficient (Wildman–Crippen LogP) is 3.33. The lowest BCUT2D eigenvalue weighted by atomic mass is 10.2. The molecule has 1 N–H and O–H groups in total. The van der Waals surface area contributed by atoms with E-state index in [1.807, 2.05) is 0 Å². The van der Waals surface area contributed by atoms with Crippen LogP contribution in [-0.4, -0.2) is 35.3 Å². The van der Waals surface area contributed by atoms with E-state index >= 15 is 0 Å². The molecule has 0 radical (unpaired) electrons. The lowest BCUT2D eigenvalue weighted by molar-refractivity contribution is -0.154. The van der Waals surface area contributed by atoms with Crippen LogP contribution in [0.3, 0.4) is 0 Å². The molecule has 2 aromatic rings. The van der Waals surface area contributed by atoms with Crippen LogP contribution in [-0.2, 0) is 4.79 Å². The molecule has 26 heavy (non-hydrogen) atoms. The fourth-order valence-corrected chi connectivity index (χ4v) is 1.94. The van der Waals surface area contributed by atoms with Gasteiger partial charge in [-0.05, 0) is 31.2 Å². The summed E-state index contributed by atoms with van der Waals surface area (Å²) in [6.07, 6.45) is -2.16. The normalized spacial score (nSPS) is 12.3. The van der Waals surface area contributed by atoms with E-state index in [2.05, 4.69) is 20.0 Å². The summed E-state index contributed by atoms with van der Waals surface area (Å²) in [4.78, 5) is 19.6. The van der Waals surface area contributed by atoms with Crippen LogP contribution in [0.4, 0.5) is 13.2 Å². The molecule has 1 aromatic heterocycles. The molecule has 140 valence electrons. The first-order valence-corrected chi connectivity index (χ1v) is 7.80. The highest BCUT2D eigenvalue weighted by molar-refractivity contribution is 6.30. The predicted molar refractivity (Wildman–Crippen MR) is 87.1 cm³/mol. The number of benzene rings is 1. The maximum atomic E-state index is 12.1. The molecule has 0 spiro atoms. The standard InChI is InChI=1S/C16H15ClF3N3O3/c1-10(13-6-22-15(7-21-13)26-9-16(18,19)20)23-14(24)8-25-12-4-2-11(17)3-5-12/h2-7,10H,8-9H2,1H3,(H,23,24). The molecule has 2 rings (SSSR count). The zero-order chi connectivity index (χ0) is 19.2. The van der Waals surface area contributed by atoms with Crippen molar-refractivity contribution in [3.05, 3.63) is 47.4 Å². The summed E-state index contributed by atoms with van der Waals surface area (Å²) in [5.74, 6) is -0.162. The van der Waals surface area contributed by atoms with Gasteiger partial charge in [0.1, 0.15) is 5.75 Å². The quantitative estimate of drug-likeness (QED) is 0.786. The van der Waals surface area contributed by atoms with Crippen LogP contribution >= 0.6 is 11.6 Å². The Morgan fingerprint density at radius 1 is 1.19 bits per heavy atom. The first-order chi connectivity index (χ1) is 12.2. The zero-order valence-corrected chi connectivity index (χ0v) is 14.3. The second-order valence-corrected chi connectivity index (χ2v) is 5.65. The van der Waals surface area contributed by atoms with E-state index in [4.69, 9.17) is 16.3 Å². The van der Waals surface area contributed by atoms with Crippen LogP contribution in [0.15, 0.2) is 36.7 Å². The average molecular weight is 390 g/mol. The van der Waals surface area contributed by atoms with Gasteiger partial charge in [0, 0.05) is 5.02 Å². The SMILES string of the molecule is CC(NC(=O)COc1ccc(Cl)cc1)c1cnc(OCC(F)(F)F)cn1. The molecular weight excluding hydrogens is 375 g/mol. The molecule has 1 aromatic carbocycles. The van der Waals surface area contributed by atoms with E-state index < -0.39 is 24.7 Å². The third-order valence-electron chi connectivity index (χ3n) is 3.04. The molecule has 1 amide bonds. The van der Waals surface area contributed by atoms with Crippen LogP contribution in [0.2, 0.25) is 5.02 Å². The van der Waals surface area contributed by atoms with Gasteiger partial charge in [-0.2, -0.15) is 13.2 Å². The highest BCUT2D eigenvalue weighted by Gasteiger charge is 2.28. The van der Waals surface area contributed by atoms with Crippen molar-refractivity contribution in [1.29, 1.82) is 0 Å². The lowest BCUT2D eigenvalue weighted by Crippen LogP contribution is -2.31. The van der Waals surface area contributed by atoms with E-state index in [-0.39, 0.29) is 12.5 Å². The van der Waals surface area contributed by atoms with Gasteiger partial charge in [-0.25, -0.2) is 4.98 Å². The van der Waals surface area contributed by atoms with E-state index in [9.17, 15) is 18.0 Å². The minimum atomic E-state index is -4.45. The Labute approximate surface area is 152 Å². The van der Waals surface area contributed by atoms with E-state index in [1.54, 1.807) is 31.2 Å². The third-order valence-corrected chi connectivity index (χ3v) is 3.29. The maximum Gasteiger partial charge on any atom is 0.422 e. The molecule has 0 saturated heterocycles. The van der Waals surface area contributed by atoms with Crippen molar-refractivity contribution >= 4 is 17.5 Å². The molecule has 6 nitrogen and oxygen atoms in total. The summed E-state index contributed by atoms with van der Waals surface area (Å²) in [5, 5.41) is 3.19. The van der Waals surface area contributed by atoms with Crippen LogP contribution in [0.25, 0.3) is 0 Å². The number of halogens is 4. The molecule has 1 atom stereocenters. The van der Waals surface area contributed by atoms with Crippen molar-refractivity contribution in [3.63, 3.8) is 0 Å². The number of carbonyl (C=O) groups excluding carboxylic acids is 1. The topological polar surface area (TPSA) is 73.3 Å². The number of aromatic nitrogens is 2. The first-order valence-electron chi connectivity index (χ1n) is 7.42. The van der Waals surface area contributed by atoms with Gasteiger partial charge in [0.15, 0.2) is 13.2 Å². The van der Waals surface area contributed by atoms with Gasteiger partial charge < -0.3 is 14.8 Å². The monoisotopic (exact) mass is 389 g/mol. The van der Waals surface area contributed by atoms with Crippen molar-refractivity contribution in [2.45, 2.75) is 19.1 Å². The van der Waals surface area contributed by atoms with E-state index in [0.717, 1.165) is 6.20 Å². The van der Waals surface area contributed by atoms with Crippen molar-refractivity contribution in [3.8, 4) is 11.6 Å². The number of hydrogen-bond acceptors (Lipinski definition) is 5. The molecule has 1 heterocycles. The van der Waals surface area contributed by atoms with Crippen molar-refractivity contribution in [2.24, 2.45) is 0 Å². The van der Waals surface area contributed by atoms with E-state index in [0.29, 0.717) is 16.5 Å². The number of nitrogens with zero attached hydrogens (tertiary/aromatic N) is 2. The molecular formula is C16H15ClF3N3O3. The Bertz CT molecular complexity index is 724. The largest absolute Gasteiger partial charge is 0.484 e. The number of nitrogens with one attached hydrogen (secondary N) is 1.